The van der Waals surface area contributed by atoms with Crippen LogP contribution < -0.4 is 10.1 Å². The summed E-state index contributed by atoms with van der Waals surface area (Å²) in [6, 6.07) is 4.20. The van der Waals surface area contributed by atoms with Crippen molar-refractivity contribution in [2.45, 2.75) is 33.4 Å². The lowest BCUT2D eigenvalue weighted by molar-refractivity contribution is 0.291. The van der Waals surface area contributed by atoms with Crippen LogP contribution in [0.3, 0.4) is 0 Å². The number of benzene rings is 1. The van der Waals surface area contributed by atoms with Gasteiger partial charge in [0.25, 0.3) is 0 Å². The number of aryl methyl sites for hydroxylation is 2. The number of aromatic nitrogens is 2. The molecule has 0 aliphatic rings. The number of halogens is 1. The molecule has 1 heterocycles. The van der Waals surface area contributed by atoms with E-state index in [0.717, 1.165) is 41.0 Å². The van der Waals surface area contributed by atoms with Crippen LogP contribution >= 0.6 is 15.9 Å². The summed E-state index contributed by atoms with van der Waals surface area (Å²) >= 11 is 3.56. The van der Waals surface area contributed by atoms with Crippen LogP contribution in [0.4, 0.5) is 0 Å². The second kappa shape index (κ2) is 7.61. The summed E-state index contributed by atoms with van der Waals surface area (Å²) < 4.78 is 9.12. The van der Waals surface area contributed by atoms with Crippen LogP contribution in [0.25, 0.3) is 0 Å². The molecule has 0 aliphatic carbocycles. The third-order valence-electron chi connectivity index (χ3n) is 3.34. The zero-order chi connectivity index (χ0) is 15.2. The molecule has 0 unspecified atom stereocenters. The number of imidazole rings is 1. The maximum absolute atomic E-state index is 6.06. The molecule has 1 aromatic carbocycles. The highest BCUT2D eigenvalue weighted by molar-refractivity contribution is 9.10. The maximum Gasteiger partial charge on any atom is 0.130 e. The Morgan fingerprint density at radius 3 is 2.86 bits per heavy atom. The van der Waals surface area contributed by atoms with Gasteiger partial charge in [-0.3, -0.25) is 0 Å². The van der Waals surface area contributed by atoms with Gasteiger partial charge in [0.2, 0.25) is 0 Å². The average molecular weight is 352 g/mol. The smallest absolute Gasteiger partial charge is 0.130 e. The van der Waals surface area contributed by atoms with Crippen molar-refractivity contribution in [3.8, 4) is 5.75 Å². The summed E-state index contributed by atoms with van der Waals surface area (Å²) in [5, 5.41) is 3.43. The van der Waals surface area contributed by atoms with E-state index in [2.05, 4.69) is 52.2 Å². The standard InChI is InChI=1S/C16H22BrN3O/c1-4-5-18-8-13-7-14(17)6-12(2)16(13)21-10-15-9-19-11-20(15)3/h6-7,9,11,18H,4-5,8,10H2,1-3H3. The topological polar surface area (TPSA) is 39.1 Å². The predicted octanol–water partition coefficient (Wildman–Crippen LogP) is 3.57. The van der Waals surface area contributed by atoms with Crippen LogP contribution in [0.5, 0.6) is 5.75 Å². The van der Waals surface area contributed by atoms with Gasteiger partial charge in [-0.05, 0) is 37.6 Å². The quantitative estimate of drug-likeness (QED) is 0.775. The SMILES string of the molecule is CCCNCc1cc(Br)cc(C)c1OCc1cncn1C. The van der Waals surface area contributed by atoms with Gasteiger partial charge in [0.05, 0.1) is 18.2 Å². The minimum atomic E-state index is 0.528. The molecule has 0 atom stereocenters. The molecule has 0 saturated carbocycles. The van der Waals surface area contributed by atoms with Crippen LogP contribution in [0.2, 0.25) is 0 Å². The first-order valence-corrected chi connectivity index (χ1v) is 7.98. The summed E-state index contributed by atoms with van der Waals surface area (Å²) in [5.74, 6) is 0.961. The van der Waals surface area contributed by atoms with Crippen molar-refractivity contribution in [2.75, 3.05) is 6.54 Å². The fraction of sp³-hybridized carbons (Fsp3) is 0.438. The van der Waals surface area contributed by atoms with E-state index in [0.29, 0.717) is 6.61 Å². The molecule has 0 saturated heterocycles. The molecule has 0 aliphatic heterocycles. The lowest BCUT2D eigenvalue weighted by Gasteiger charge is -2.15. The lowest BCUT2D eigenvalue weighted by atomic mass is 10.1. The Morgan fingerprint density at radius 2 is 2.19 bits per heavy atom. The Hall–Kier alpha value is -1.33. The van der Waals surface area contributed by atoms with Gasteiger partial charge >= 0.3 is 0 Å². The second-order valence-corrected chi connectivity index (χ2v) is 6.09. The van der Waals surface area contributed by atoms with Gasteiger partial charge in [-0.1, -0.05) is 22.9 Å². The third kappa shape index (κ3) is 4.32. The molecule has 0 bridgehead atoms. The van der Waals surface area contributed by atoms with Crippen LogP contribution in [0, 0.1) is 6.92 Å². The monoisotopic (exact) mass is 351 g/mol. The second-order valence-electron chi connectivity index (χ2n) is 5.17. The van der Waals surface area contributed by atoms with Crippen molar-refractivity contribution >= 4 is 15.9 Å². The number of nitrogens with zero attached hydrogens (tertiary/aromatic N) is 2. The van der Waals surface area contributed by atoms with Crippen molar-refractivity contribution in [2.24, 2.45) is 7.05 Å². The van der Waals surface area contributed by atoms with Gasteiger partial charge in [-0.25, -0.2) is 4.98 Å². The highest BCUT2D eigenvalue weighted by atomic mass is 79.9. The van der Waals surface area contributed by atoms with E-state index in [1.54, 1.807) is 6.33 Å². The molecule has 4 nitrogen and oxygen atoms in total. The Morgan fingerprint density at radius 1 is 1.38 bits per heavy atom. The van der Waals surface area contributed by atoms with Crippen LogP contribution in [-0.2, 0) is 20.2 Å². The summed E-state index contributed by atoms with van der Waals surface area (Å²) in [6.45, 7) is 6.59. The van der Waals surface area contributed by atoms with Gasteiger partial charge in [0.15, 0.2) is 0 Å². The van der Waals surface area contributed by atoms with E-state index < -0.39 is 0 Å². The van der Waals surface area contributed by atoms with Gasteiger partial charge < -0.3 is 14.6 Å². The molecule has 2 rings (SSSR count). The molecule has 2 aromatic rings. The van der Waals surface area contributed by atoms with Gasteiger partial charge in [0.1, 0.15) is 12.4 Å². The molecule has 0 fully saturated rings. The zero-order valence-corrected chi connectivity index (χ0v) is 14.4. The minimum absolute atomic E-state index is 0.528. The van der Waals surface area contributed by atoms with Crippen molar-refractivity contribution in [3.05, 3.63) is 46.0 Å². The lowest BCUT2D eigenvalue weighted by Crippen LogP contribution is -2.15. The van der Waals surface area contributed by atoms with Crippen molar-refractivity contribution in [1.82, 2.24) is 14.9 Å². The third-order valence-corrected chi connectivity index (χ3v) is 3.80. The van der Waals surface area contributed by atoms with Crippen molar-refractivity contribution in [3.63, 3.8) is 0 Å². The fourth-order valence-electron chi connectivity index (χ4n) is 2.21. The Bertz CT molecular complexity index is 595. The summed E-state index contributed by atoms with van der Waals surface area (Å²) in [5.41, 5.74) is 3.38. The Balaban J connectivity index is 2.14. The first-order valence-electron chi connectivity index (χ1n) is 7.19. The van der Waals surface area contributed by atoms with Gasteiger partial charge in [0, 0.05) is 23.6 Å². The average Bonchev–Trinajstić information content (AvgIpc) is 2.83. The van der Waals surface area contributed by atoms with E-state index in [1.165, 1.54) is 5.56 Å². The van der Waals surface area contributed by atoms with E-state index in [4.69, 9.17) is 4.74 Å². The molecule has 114 valence electrons. The highest BCUT2D eigenvalue weighted by Crippen LogP contribution is 2.28. The van der Waals surface area contributed by atoms with E-state index in [9.17, 15) is 0 Å². The molecule has 0 amide bonds. The van der Waals surface area contributed by atoms with Gasteiger partial charge in [-0.2, -0.15) is 0 Å². The predicted molar refractivity (Wildman–Crippen MR) is 88.4 cm³/mol. The number of rotatable bonds is 7. The van der Waals surface area contributed by atoms with E-state index in [-0.39, 0.29) is 0 Å². The zero-order valence-electron chi connectivity index (χ0n) is 12.8. The number of nitrogens with one attached hydrogen (secondary N) is 1. The number of hydrogen-bond donors (Lipinski definition) is 1. The molecule has 0 spiro atoms. The molecular weight excluding hydrogens is 330 g/mol. The molecular formula is C16H22BrN3O. The largest absolute Gasteiger partial charge is 0.487 e. The van der Waals surface area contributed by atoms with Crippen molar-refractivity contribution < 1.29 is 4.74 Å². The first-order chi connectivity index (χ1) is 10.1. The summed E-state index contributed by atoms with van der Waals surface area (Å²) in [4.78, 5) is 4.12. The highest BCUT2D eigenvalue weighted by Gasteiger charge is 2.10. The van der Waals surface area contributed by atoms with E-state index in [1.807, 2.05) is 17.8 Å². The van der Waals surface area contributed by atoms with Crippen molar-refractivity contribution in [1.29, 1.82) is 0 Å². The number of hydrogen-bond acceptors (Lipinski definition) is 3. The molecule has 21 heavy (non-hydrogen) atoms. The van der Waals surface area contributed by atoms with Crippen LogP contribution in [0.1, 0.15) is 30.2 Å². The summed E-state index contributed by atoms with van der Waals surface area (Å²) in [6.07, 6.45) is 4.75. The van der Waals surface area contributed by atoms with Crippen LogP contribution in [0.15, 0.2) is 29.1 Å². The summed E-state index contributed by atoms with van der Waals surface area (Å²) in [7, 11) is 1.98. The number of ether oxygens (including phenoxy) is 1. The first kappa shape index (κ1) is 16.0. The Labute approximate surface area is 134 Å². The Kier molecular flexibility index (Phi) is 5.82. The molecule has 1 N–H and O–H groups in total. The van der Waals surface area contributed by atoms with Gasteiger partial charge in [-0.15, -0.1) is 0 Å². The normalized spacial score (nSPS) is 10.9. The minimum Gasteiger partial charge on any atom is -0.487 e. The molecule has 5 heteroatoms. The van der Waals surface area contributed by atoms with E-state index >= 15 is 0 Å². The maximum atomic E-state index is 6.06. The molecule has 1 aromatic heterocycles. The van der Waals surface area contributed by atoms with Crippen LogP contribution in [-0.4, -0.2) is 16.1 Å². The molecule has 0 radical (unpaired) electrons. The fourth-order valence-corrected chi connectivity index (χ4v) is 2.83.